The molecule has 0 aliphatic rings. The van der Waals surface area contributed by atoms with Crippen molar-refractivity contribution in [1.82, 2.24) is 5.48 Å². The van der Waals surface area contributed by atoms with Crippen LogP contribution in [0.25, 0.3) is 6.08 Å². The minimum absolute atomic E-state index is 0.515. The second-order valence-electron chi connectivity index (χ2n) is 1.82. The fraction of sp³-hybridized carbons (Fsp3) is 0. The number of hydrogen-bond donors (Lipinski definition) is 2. The standard InChI is InChI=1S/C7H7NO2S/c9-7(8-10)4-3-6-2-1-5-11-6/h1-5,10H,(H,8,9). The predicted molar refractivity (Wildman–Crippen MR) is 43.3 cm³/mol. The summed E-state index contributed by atoms with van der Waals surface area (Å²) in [7, 11) is 0. The molecule has 0 aromatic carbocycles. The van der Waals surface area contributed by atoms with E-state index >= 15 is 0 Å². The summed E-state index contributed by atoms with van der Waals surface area (Å²) >= 11 is 1.53. The first kappa shape index (κ1) is 7.97. The van der Waals surface area contributed by atoms with Crippen molar-refractivity contribution in [3.05, 3.63) is 28.5 Å². The Bertz CT molecular complexity index is 253. The van der Waals surface area contributed by atoms with E-state index in [1.165, 1.54) is 22.9 Å². The van der Waals surface area contributed by atoms with Gasteiger partial charge in [0.15, 0.2) is 0 Å². The number of carbonyl (C=O) groups excluding carboxylic acids is 1. The van der Waals surface area contributed by atoms with Gasteiger partial charge in [-0.3, -0.25) is 10.0 Å². The molecule has 0 spiro atoms. The molecular formula is C7H7NO2S. The molecule has 0 saturated carbocycles. The van der Waals surface area contributed by atoms with Gasteiger partial charge in [-0.2, -0.15) is 0 Å². The van der Waals surface area contributed by atoms with Crippen LogP contribution in [-0.4, -0.2) is 11.1 Å². The summed E-state index contributed by atoms with van der Waals surface area (Å²) in [6.45, 7) is 0. The third-order valence-corrected chi connectivity index (χ3v) is 1.89. The van der Waals surface area contributed by atoms with Crippen LogP contribution in [-0.2, 0) is 4.79 Å². The topological polar surface area (TPSA) is 49.3 Å². The maximum Gasteiger partial charge on any atom is 0.267 e. The quantitative estimate of drug-likeness (QED) is 0.398. The number of nitrogens with one attached hydrogen (secondary N) is 1. The molecule has 0 saturated heterocycles. The summed E-state index contributed by atoms with van der Waals surface area (Å²) in [6, 6.07) is 3.77. The normalized spacial score (nSPS) is 10.3. The van der Waals surface area contributed by atoms with E-state index in [2.05, 4.69) is 0 Å². The lowest BCUT2D eigenvalue weighted by molar-refractivity contribution is -0.124. The number of carbonyl (C=O) groups is 1. The van der Waals surface area contributed by atoms with Gasteiger partial charge in [-0.25, -0.2) is 5.48 Å². The van der Waals surface area contributed by atoms with Crippen molar-refractivity contribution >= 4 is 23.3 Å². The van der Waals surface area contributed by atoms with Crippen LogP contribution in [0.1, 0.15) is 4.88 Å². The predicted octanol–water partition coefficient (Wildman–Crippen LogP) is 1.27. The van der Waals surface area contributed by atoms with Gasteiger partial charge in [0.25, 0.3) is 5.91 Å². The van der Waals surface area contributed by atoms with Crippen LogP contribution < -0.4 is 5.48 Å². The fourth-order valence-corrected chi connectivity index (χ4v) is 1.20. The minimum Gasteiger partial charge on any atom is -0.288 e. The largest absolute Gasteiger partial charge is 0.288 e. The van der Waals surface area contributed by atoms with Gasteiger partial charge in [0.1, 0.15) is 0 Å². The summed E-state index contributed by atoms with van der Waals surface area (Å²) in [4.78, 5) is 11.4. The van der Waals surface area contributed by atoms with Crippen LogP contribution in [0.3, 0.4) is 0 Å². The molecule has 1 aromatic rings. The molecule has 2 N–H and O–H groups in total. The smallest absolute Gasteiger partial charge is 0.267 e. The Morgan fingerprint density at radius 1 is 1.73 bits per heavy atom. The SMILES string of the molecule is O=C(C=Cc1cccs1)NO. The molecule has 0 aliphatic carbocycles. The van der Waals surface area contributed by atoms with E-state index in [9.17, 15) is 4.79 Å². The van der Waals surface area contributed by atoms with Gasteiger partial charge in [-0.05, 0) is 17.5 Å². The summed E-state index contributed by atoms with van der Waals surface area (Å²) in [6.07, 6.45) is 2.90. The van der Waals surface area contributed by atoms with Crippen molar-refractivity contribution in [2.45, 2.75) is 0 Å². The molecule has 0 bridgehead atoms. The monoisotopic (exact) mass is 169 g/mol. The first-order valence-corrected chi connectivity index (χ1v) is 3.86. The van der Waals surface area contributed by atoms with Crippen molar-refractivity contribution in [3.8, 4) is 0 Å². The molecule has 58 valence electrons. The van der Waals surface area contributed by atoms with E-state index in [1.807, 2.05) is 17.5 Å². The molecule has 1 amide bonds. The Morgan fingerprint density at radius 2 is 2.55 bits per heavy atom. The van der Waals surface area contributed by atoms with Crippen molar-refractivity contribution in [2.75, 3.05) is 0 Å². The molecule has 1 rings (SSSR count). The van der Waals surface area contributed by atoms with Gasteiger partial charge in [0.2, 0.25) is 0 Å². The maximum atomic E-state index is 10.5. The number of hydroxylamine groups is 1. The lowest BCUT2D eigenvalue weighted by Gasteiger charge is -1.86. The van der Waals surface area contributed by atoms with Gasteiger partial charge >= 0.3 is 0 Å². The van der Waals surface area contributed by atoms with Gasteiger partial charge in [-0.1, -0.05) is 6.07 Å². The van der Waals surface area contributed by atoms with E-state index in [0.29, 0.717) is 0 Å². The van der Waals surface area contributed by atoms with Gasteiger partial charge in [-0.15, -0.1) is 11.3 Å². The number of rotatable bonds is 2. The summed E-state index contributed by atoms with van der Waals surface area (Å²) in [5, 5.41) is 10.0. The zero-order valence-corrected chi connectivity index (χ0v) is 6.47. The van der Waals surface area contributed by atoms with E-state index in [0.717, 1.165) is 4.88 Å². The zero-order valence-electron chi connectivity index (χ0n) is 5.65. The molecule has 11 heavy (non-hydrogen) atoms. The molecule has 0 fully saturated rings. The highest BCUT2D eigenvalue weighted by Gasteiger charge is 1.90. The first-order valence-electron chi connectivity index (χ1n) is 2.98. The van der Waals surface area contributed by atoms with Gasteiger partial charge in [0, 0.05) is 11.0 Å². The first-order chi connectivity index (χ1) is 5.33. The lowest BCUT2D eigenvalue weighted by atomic mass is 10.4. The Labute approximate surface area is 67.9 Å². The Kier molecular flexibility index (Phi) is 2.83. The fourth-order valence-electron chi connectivity index (χ4n) is 0.581. The maximum absolute atomic E-state index is 10.5. The van der Waals surface area contributed by atoms with E-state index < -0.39 is 5.91 Å². The summed E-state index contributed by atoms with van der Waals surface area (Å²) in [5.74, 6) is -0.515. The van der Waals surface area contributed by atoms with Gasteiger partial charge < -0.3 is 0 Å². The number of amides is 1. The molecular weight excluding hydrogens is 162 g/mol. The molecule has 4 heteroatoms. The third-order valence-electron chi connectivity index (χ3n) is 1.05. The zero-order chi connectivity index (χ0) is 8.10. The molecule has 0 aliphatic heterocycles. The number of thiophene rings is 1. The summed E-state index contributed by atoms with van der Waals surface area (Å²) < 4.78 is 0. The van der Waals surface area contributed by atoms with Gasteiger partial charge in [0.05, 0.1) is 0 Å². The molecule has 0 unspecified atom stereocenters. The Hall–Kier alpha value is -1.13. The Balaban J connectivity index is 2.55. The van der Waals surface area contributed by atoms with Crippen LogP contribution in [0.5, 0.6) is 0 Å². The highest BCUT2D eigenvalue weighted by atomic mass is 32.1. The molecule has 1 aromatic heterocycles. The van der Waals surface area contributed by atoms with Crippen molar-refractivity contribution in [3.63, 3.8) is 0 Å². The van der Waals surface area contributed by atoms with Crippen molar-refractivity contribution in [1.29, 1.82) is 0 Å². The second kappa shape index (κ2) is 3.90. The highest BCUT2D eigenvalue weighted by Crippen LogP contribution is 2.09. The van der Waals surface area contributed by atoms with Crippen LogP contribution in [0.2, 0.25) is 0 Å². The molecule has 1 heterocycles. The molecule has 3 nitrogen and oxygen atoms in total. The van der Waals surface area contributed by atoms with Crippen LogP contribution >= 0.6 is 11.3 Å². The van der Waals surface area contributed by atoms with Crippen molar-refractivity contribution < 1.29 is 10.0 Å². The third kappa shape index (κ3) is 2.53. The van der Waals surface area contributed by atoms with Crippen molar-refractivity contribution in [2.24, 2.45) is 0 Å². The molecule has 0 radical (unpaired) electrons. The lowest BCUT2D eigenvalue weighted by Crippen LogP contribution is -2.14. The van der Waals surface area contributed by atoms with Crippen LogP contribution in [0.15, 0.2) is 23.6 Å². The minimum atomic E-state index is -0.515. The van der Waals surface area contributed by atoms with E-state index in [-0.39, 0.29) is 0 Å². The molecule has 0 atom stereocenters. The highest BCUT2D eigenvalue weighted by molar-refractivity contribution is 7.10. The summed E-state index contributed by atoms with van der Waals surface area (Å²) in [5.41, 5.74) is 1.51. The van der Waals surface area contributed by atoms with E-state index in [1.54, 1.807) is 6.08 Å². The average molecular weight is 169 g/mol. The average Bonchev–Trinajstić information content (AvgIpc) is 2.52. The van der Waals surface area contributed by atoms with Crippen LogP contribution in [0.4, 0.5) is 0 Å². The second-order valence-corrected chi connectivity index (χ2v) is 2.80. The number of hydrogen-bond acceptors (Lipinski definition) is 3. The van der Waals surface area contributed by atoms with Crippen LogP contribution in [0, 0.1) is 0 Å². The van der Waals surface area contributed by atoms with E-state index in [4.69, 9.17) is 5.21 Å². The Morgan fingerprint density at radius 3 is 3.09 bits per heavy atom.